The maximum absolute atomic E-state index is 11.3. The van der Waals surface area contributed by atoms with Crippen LogP contribution in [0.15, 0.2) is 24.5 Å². The summed E-state index contributed by atoms with van der Waals surface area (Å²) in [6, 6.07) is 0. The molecule has 3 unspecified atom stereocenters. The highest BCUT2D eigenvalue weighted by atomic mass is 16.7. The molecule has 9 atom stereocenters. The summed E-state index contributed by atoms with van der Waals surface area (Å²) >= 11 is 0. The molecule has 2 aliphatic heterocycles. The Labute approximate surface area is 198 Å². The average Bonchev–Trinajstić information content (AvgIpc) is 3.74. The van der Waals surface area contributed by atoms with Crippen LogP contribution in [0.1, 0.15) is 67.2 Å². The molecule has 0 bridgehead atoms. The fourth-order valence-electron chi connectivity index (χ4n) is 6.94. The average molecular weight is 469 g/mol. The summed E-state index contributed by atoms with van der Waals surface area (Å²) in [6.45, 7) is 16.1. The number of rotatable bonds is 5. The minimum atomic E-state index is -0.622. The summed E-state index contributed by atoms with van der Waals surface area (Å²) in [7, 11) is 0. The number of allylic oxidation sites excluding steroid dienone is 1. The van der Waals surface area contributed by atoms with Crippen molar-refractivity contribution in [1.29, 1.82) is 0 Å². The van der Waals surface area contributed by atoms with Gasteiger partial charge in [-0.25, -0.2) is 0 Å². The van der Waals surface area contributed by atoms with Crippen molar-refractivity contribution in [2.24, 2.45) is 23.2 Å². The summed E-state index contributed by atoms with van der Waals surface area (Å²) in [6.07, 6.45) is 5.92. The highest BCUT2D eigenvalue weighted by molar-refractivity contribution is 5.43. The standard InChI is InChI=1S/C20H28O6.C2H4O.2C2H6/c1-11(8-21)13-6-16-20(26-16)18(2)5-3-4-12(9-24-10-22)14(18)7-15-19(20,25-15)17(13)23;1-2-3;2*1-2/h4,10-11,13-17,21,23H,3,5-9H2,1-2H3;2-3H,1H2;2*1-2H3/t11?,13?,14?,15-,16-,17+,18-,19+,20+;;;/m0.../s1. The topological polar surface area (TPSA) is 112 Å². The summed E-state index contributed by atoms with van der Waals surface area (Å²) in [5, 5.41) is 28.2. The summed E-state index contributed by atoms with van der Waals surface area (Å²) in [5.41, 5.74) is -0.0308. The van der Waals surface area contributed by atoms with Crippen molar-refractivity contribution in [3.05, 3.63) is 24.5 Å². The predicted molar refractivity (Wildman–Crippen MR) is 127 cm³/mol. The van der Waals surface area contributed by atoms with E-state index in [0.29, 0.717) is 13.1 Å². The third kappa shape index (κ3) is 3.95. The van der Waals surface area contributed by atoms with Crippen molar-refractivity contribution in [3.8, 4) is 0 Å². The Morgan fingerprint density at radius 2 is 1.88 bits per heavy atom. The van der Waals surface area contributed by atoms with Gasteiger partial charge >= 0.3 is 0 Å². The van der Waals surface area contributed by atoms with Gasteiger partial charge in [0.05, 0.1) is 24.6 Å². The zero-order chi connectivity index (χ0) is 25.0. The third-order valence-corrected chi connectivity index (χ3v) is 8.32. The molecule has 0 aromatic carbocycles. The molecule has 5 rings (SSSR count). The van der Waals surface area contributed by atoms with E-state index in [4.69, 9.17) is 19.3 Å². The molecule has 0 aromatic heterocycles. The Kier molecular flexibility index (Phi) is 9.19. The Hall–Kier alpha value is -1.41. The van der Waals surface area contributed by atoms with Gasteiger partial charge in [-0.3, -0.25) is 4.79 Å². The second kappa shape index (κ2) is 10.9. The first-order valence-corrected chi connectivity index (χ1v) is 12.5. The Morgan fingerprint density at radius 3 is 2.45 bits per heavy atom. The lowest BCUT2D eigenvalue weighted by Crippen LogP contribution is -2.66. The van der Waals surface area contributed by atoms with Crippen molar-refractivity contribution >= 4 is 6.47 Å². The van der Waals surface area contributed by atoms with Gasteiger partial charge < -0.3 is 29.5 Å². The molecule has 4 fully saturated rings. The van der Waals surface area contributed by atoms with Crippen LogP contribution >= 0.6 is 0 Å². The number of carbonyl (C=O) groups excluding carboxylic acids is 1. The molecule has 5 aliphatic rings. The van der Waals surface area contributed by atoms with Gasteiger partial charge in [0, 0.05) is 12.0 Å². The minimum absolute atomic E-state index is 0.00257. The van der Waals surface area contributed by atoms with E-state index >= 15 is 0 Å². The van der Waals surface area contributed by atoms with Crippen LogP contribution in [0.4, 0.5) is 0 Å². The van der Waals surface area contributed by atoms with E-state index in [0.717, 1.165) is 31.9 Å². The molecule has 0 radical (unpaired) electrons. The summed E-state index contributed by atoms with van der Waals surface area (Å²) in [4.78, 5) is 10.7. The molecule has 33 heavy (non-hydrogen) atoms. The fraction of sp³-hybridized carbons (Fsp3) is 0.808. The van der Waals surface area contributed by atoms with Crippen molar-refractivity contribution in [2.45, 2.75) is 96.7 Å². The lowest BCUT2D eigenvalue weighted by Gasteiger charge is -2.54. The van der Waals surface area contributed by atoms with Crippen LogP contribution in [0.2, 0.25) is 0 Å². The van der Waals surface area contributed by atoms with Gasteiger partial charge in [0.1, 0.15) is 12.2 Å². The van der Waals surface area contributed by atoms with Gasteiger partial charge in [-0.15, -0.1) is 0 Å². The van der Waals surface area contributed by atoms with Crippen LogP contribution in [0.25, 0.3) is 0 Å². The quantitative estimate of drug-likeness (QED) is 0.243. The molecule has 2 saturated heterocycles. The first-order valence-electron chi connectivity index (χ1n) is 12.5. The zero-order valence-electron chi connectivity index (χ0n) is 21.1. The van der Waals surface area contributed by atoms with E-state index in [1.165, 1.54) is 5.57 Å². The second-order valence-corrected chi connectivity index (χ2v) is 9.36. The molecular weight excluding hydrogens is 424 g/mol. The van der Waals surface area contributed by atoms with Crippen molar-refractivity contribution < 1.29 is 34.3 Å². The van der Waals surface area contributed by atoms with Crippen LogP contribution < -0.4 is 0 Å². The van der Waals surface area contributed by atoms with E-state index < -0.39 is 17.3 Å². The van der Waals surface area contributed by atoms with E-state index in [2.05, 4.69) is 19.6 Å². The van der Waals surface area contributed by atoms with Crippen molar-refractivity contribution in [1.82, 2.24) is 0 Å². The van der Waals surface area contributed by atoms with Crippen LogP contribution in [-0.2, 0) is 19.0 Å². The van der Waals surface area contributed by atoms with E-state index in [1.54, 1.807) is 0 Å². The van der Waals surface area contributed by atoms with E-state index in [1.807, 2.05) is 34.6 Å². The molecule has 3 N–H and O–H groups in total. The fourth-order valence-corrected chi connectivity index (χ4v) is 6.94. The SMILES string of the molecule is C=CO.CC.CC.CC(CO)C1C[C@@H]2O[C@]23[C@]2(O[C@H]2CC2C(COC=O)=CCC[C@@]23C)[C@@H]1O. The second-order valence-electron chi connectivity index (χ2n) is 9.36. The molecule has 7 nitrogen and oxygen atoms in total. The Balaban J connectivity index is 0.000000501. The number of hydrogen-bond acceptors (Lipinski definition) is 7. The molecule has 190 valence electrons. The number of hydrogen-bond donors (Lipinski definition) is 3. The predicted octanol–water partition coefficient (Wildman–Crippen LogP) is 3.93. The lowest BCUT2D eigenvalue weighted by molar-refractivity contribution is -0.128. The maximum Gasteiger partial charge on any atom is 0.293 e. The van der Waals surface area contributed by atoms with Gasteiger partial charge in [0.25, 0.3) is 6.47 Å². The summed E-state index contributed by atoms with van der Waals surface area (Å²) in [5.74, 6) is 0.281. The zero-order valence-corrected chi connectivity index (χ0v) is 21.1. The van der Waals surface area contributed by atoms with Crippen molar-refractivity contribution in [3.63, 3.8) is 0 Å². The lowest BCUT2D eigenvalue weighted by atomic mass is 9.47. The van der Waals surface area contributed by atoms with E-state index in [-0.39, 0.29) is 42.0 Å². The summed E-state index contributed by atoms with van der Waals surface area (Å²) < 4.78 is 17.8. The number of fused-ring (bicyclic) bond motifs is 1. The third-order valence-electron chi connectivity index (χ3n) is 8.32. The Bertz CT molecular complexity index is 709. The van der Waals surface area contributed by atoms with Gasteiger partial charge in [-0.05, 0) is 49.0 Å². The number of ether oxygens (including phenoxy) is 3. The number of epoxide rings is 2. The minimum Gasteiger partial charge on any atom is -0.516 e. The first kappa shape index (κ1) is 27.8. The molecule has 7 heteroatoms. The van der Waals surface area contributed by atoms with Gasteiger partial charge in [-0.1, -0.05) is 54.2 Å². The molecule has 3 aliphatic carbocycles. The van der Waals surface area contributed by atoms with Gasteiger partial charge in [0.15, 0.2) is 5.60 Å². The highest BCUT2D eigenvalue weighted by Gasteiger charge is 2.92. The molecule has 2 heterocycles. The van der Waals surface area contributed by atoms with Crippen LogP contribution in [-0.4, -0.2) is 64.5 Å². The largest absolute Gasteiger partial charge is 0.516 e. The maximum atomic E-state index is 11.3. The van der Waals surface area contributed by atoms with Gasteiger partial charge in [0.2, 0.25) is 0 Å². The number of aliphatic hydroxyl groups excluding tert-OH is 3. The van der Waals surface area contributed by atoms with Gasteiger partial charge in [-0.2, -0.15) is 0 Å². The first-order chi connectivity index (χ1) is 15.9. The Morgan fingerprint density at radius 1 is 1.24 bits per heavy atom. The molecule has 0 amide bonds. The monoisotopic (exact) mass is 468 g/mol. The normalized spacial score (nSPS) is 43.8. The molecule has 2 saturated carbocycles. The number of aliphatic hydroxyl groups is 3. The highest BCUT2D eigenvalue weighted by Crippen LogP contribution is 2.78. The van der Waals surface area contributed by atoms with Crippen molar-refractivity contribution in [2.75, 3.05) is 13.2 Å². The van der Waals surface area contributed by atoms with Crippen LogP contribution in [0, 0.1) is 23.2 Å². The van der Waals surface area contributed by atoms with E-state index in [9.17, 15) is 15.0 Å². The molecule has 0 aromatic rings. The number of carbonyl (C=O) groups is 1. The smallest absolute Gasteiger partial charge is 0.293 e. The molecular formula is C26H44O7. The van der Waals surface area contributed by atoms with Crippen LogP contribution in [0.5, 0.6) is 0 Å². The van der Waals surface area contributed by atoms with Crippen LogP contribution in [0.3, 0.4) is 0 Å². The molecule has 2 spiro atoms.